The number of nitrogens with zero attached hydrogens (tertiary/aromatic N) is 1. The molecule has 1 saturated heterocycles. The van der Waals surface area contributed by atoms with Crippen LogP contribution in [0.25, 0.3) is 0 Å². The van der Waals surface area contributed by atoms with Gasteiger partial charge in [0, 0.05) is 18.6 Å². The number of aromatic hydroxyl groups is 1. The van der Waals surface area contributed by atoms with Crippen molar-refractivity contribution >= 4 is 11.9 Å². The number of phenols is 1. The van der Waals surface area contributed by atoms with E-state index in [1.807, 2.05) is 19.9 Å². The Balaban J connectivity index is 1.87. The number of carbonyl (C=O) groups is 2. The van der Waals surface area contributed by atoms with Crippen molar-refractivity contribution in [1.82, 2.24) is 10.2 Å². The van der Waals surface area contributed by atoms with Gasteiger partial charge in [0.05, 0.1) is 6.10 Å². The number of methoxy groups -OCH3 is 1. The van der Waals surface area contributed by atoms with E-state index < -0.39 is 5.54 Å². The Labute approximate surface area is 153 Å². The third-order valence-electron chi connectivity index (χ3n) is 6.61. The molecule has 26 heavy (non-hydrogen) atoms. The molecule has 1 atom stereocenters. The second kappa shape index (κ2) is 5.71. The zero-order valence-corrected chi connectivity index (χ0v) is 15.5. The van der Waals surface area contributed by atoms with Crippen molar-refractivity contribution in [3.63, 3.8) is 0 Å². The van der Waals surface area contributed by atoms with E-state index >= 15 is 0 Å². The van der Waals surface area contributed by atoms with Crippen LogP contribution in [0, 0.1) is 5.41 Å². The van der Waals surface area contributed by atoms with Crippen LogP contribution >= 0.6 is 0 Å². The number of hydrogen-bond acceptors (Lipinski definition) is 4. The maximum absolute atomic E-state index is 13.6. The molecule has 2 spiro atoms. The number of urea groups is 1. The van der Waals surface area contributed by atoms with Crippen molar-refractivity contribution in [1.29, 1.82) is 0 Å². The van der Waals surface area contributed by atoms with Crippen molar-refractivity contribution in [2.45, 2.75) is 63.6 Å². The van der Waals surface area contributed by atoms with Gasteiger partial charge in [0.2, 0.25) is 0 Å². The van der Waals surface area contributed by atoms with Crippen molar-refractivity contribution in [3.05, 3.63) is 29.3 Å². The van der Waals surface area contributed by atoms with E-state index in [2.05, 4.69) is 5.32 Å². The number of benzene rings is 1. The third kappa shape index (κ3) is 2.08. The van der Waals surface area contributed by atoms with Gasteiger partial charge in [-0.05, 0) is 69.2 Å². The number of hydrogen-bond donors (Lipinski definition) is 2. The molecule has 2 aliphatic carbocycles. The molecule has 6 nitrogen and oxygen atoms in total. The Morgan fingerprint density at radius 3 is 2.54 bits per heavy atom. The van der Waals surface area contributed by atoms with E-state index in [1.165, 1.54) is 4.90 Å². The average molecular weight is 358 g/mol. The van der Waals surface area contributed by atoms with Gasteiger partial charge >= 0.3 is 6.03 Å². The summed E-state index contributed by atoms with van der Waals surface area (Å²) >= 11 is 0. The van der Waals surface area contributed by atoms with Crippen LogP contribution in [0.5, 0.6) is 5.75 Å². The summed E-state index contributed by atoms with van der Waals surface area (Å²) in [5, 5.41) is 13.1. The van der Waals surface area contributed by atoms with E-state index in [4.69, 9.17) is 4.74 Å². The molecule has 0 bridgehead atoms. The minimum atomic E-state index is -1.08. The summed E-state index contributed by atoms with van der Waals surface area (Å²) in [7, 11) is 1.73. The standard InChI is InChI=1S/C20H26N2O4/c1-12(2)22-17(24)20(21-18(22)25)16-10-14(23)5-4-13(16)11-19(20)8-6-15(26-3)7-9-19/h4-5,10,12,15,23H,6-9,11H2,1-3H3,(H,21,25)/t15-,19-,20?. The van der Waals surface area contributed by atoms with Crippen LogP contribution in [0.2, 0.25) is 0 Å². The van der Waals surface area contributed by atoms with Crippen LogP contribution in [-0.2, 0) is 21.5 Å². The summed E-state index contributed by atoms with van der Waals surface area (Å²) in [6.45, 7) is 3.70. The second-order valence-electron chi connectivity index (χ2n) is 8.18. The summed E-state index contributed by atoms with van der Waals surface area (Å²) < 4.78 is 5.53. The Morgan fingerprint density at radius 2 is 1.96 bits per heavy atom. The van der Waals surface area contributed by atoms with E-state index in [1.54, 1.807) is 19.2 Å². The van der Waals surface area contributed by atoms with Crippen molar-refractivity contribution in [2.24, 2.45) is 5.41 Å². The molecule has 1 aromatic carbocycles. The molecule has 3 aliphatic rings. The Kier molecular flexibility index (Phi) is 3.81. The number of imide groups is 1. The van der Waals surface area contributed by atoms with Crippen LogP contribution in [-0.4, -0.2) is 41.2 Å². The average Bonchev–Trinajstić information content (AvgIpc) is 3.02. The Hall–Kier alpha value is -2.08. The molecule has 2 N–H and O–H groups in total. The molecule has 1 saturated carbocycles. The molecule has 3 amide bonds. The number of carbonyl (C=O) groups excluding carboxylic acids is 2. The number of phenolic OH excluding ortho intramolecular Hbond substituents is 1. The highest BCUT2D eigenvalue weighted by Gasteiger charge is 2.68. The lowest BCUT2D eigenvalue weighted by Gasteiger charge is -2.46. The molecule has 0 radical (unpaired) electrons. The van der Waals surface area contributed by atoms with Crippen LogP contribution < -0.4 is 5.32 Å². The van der Waals surface area contributed by atoms with Gasteiger partial charge in [-0.2, -0.15) is 0 Å². The Morgan fingerprint density at radius 1 is 1.27 bits per heavy atom. The first-order chi connectivity index (χ1) is 12.3. The van der Waals surface area contributed by atoms with E-state index in [-0.39, 0.29) is 35.2 Å². The van der Waals surface area contributed by atoms with Gasteiger partial charge in [0.15, 0.2) is 5.54 Å². The fourth-order valence-corrected chi connectivity index (χ4v) is 5.34. The molecule has 140 valence electrons. The SMILES string of the molecule is CO[C@H]1CC[C@]2(CC1)Cc1ccc(O)cc1C21NC(=O)N(C(C)C)C1=O. The predicted molar refractivity (Wildman–Crippen MR) is 95.7 cm³/mol. The zero-order valence-electron chi connectivity index (χ0n) is 15.5. The number of amides is 3. The largest absolute Gasteiger partial charge is 0.508 e. The van der Waals surface area contributed by atoms with Gasteiger partial charge in [-0.15, -0.1) is 0 Å². The molecule has 1 aromatic rings. The van der Waals surface area contributed by atoms with Crippen LogP contribution in [0.15, 0.2) is 18.2 Å². The van der Waals surface area contributed by atoms with Crippen molar-refractivity contribution < 1.29 is 19.4 Å². The van der Waals surface area contributed by atoms with Crippen molar-refractivity contribution in [3.8, 4) is 5.75 Å². The first-order valence-corrected chi connectivity index (χ1v) is 9.35. The minimum absolute atomic E-state index is 0.121. The maximum Gasteiger partial charge on any atom is 0.325 e. The quantitative estimate of drug-likeness (QED) is 0.797. The lowest BCUT2D eigenvalue weighted by Crippen LogP contribution is -2.57. The summed E-state index contributed by atoms with van der Waals surface area (Å²) in [6.07, 6.45) is 4.27. The first-order valence-electron chi connectivity index (χ1n) is 9.35. The predicted octanol–water partition coefficient (Wildman–Crippen LogP) is 2.68. The maximum atomic E-state index is 13.6. The van der Waals surface area contributed by atoms with E-state index in [9.17, 15) is 14.7 Å². The van der Waals surface area contributed by atoms with Crippen LogP contribution in [0.1, 0.15) is 50.7 Å². The van der Waals surface area contributed by atoms with Crippen LogP contribution in [0.3, 0.4) is 0 Å². The molecule has 1 unspecified atom stereocenters. The number of fused-ring (bicyclic) bond motifs is 3. The molecular formula is C20H26N2O4. The fraction of sp³-hybridized carbons (Fsp3) is 0.600. The third-order valence-corrected chi connectivity index (χ3v) is 6.61. The lowest BCUT2D eigenvalue weighted by molar-refractivity contribution is -0.139. The van der Waals surface area contributed by atoms with E-state index in [0.29, 0.717) is 0 Å². The summed E-state index contributed by atoms with van der Waals surface area (Å²) in [5.74, 6) is -0.0616. The number of nitrogens with one attached hydrogen (secondary N) is 1. The van der Waals surface area contributed by atoms with Gasteiger partial charge < -0.3 is 15.2 Å². The second-order valence-corrected chi connectivity index (χ2v) is 8.18. The molecule has 1 aliphatic heterocycles. The monoisotopic (exact) mass is 358 g/mol. The van der Waals surface area contributed by atoms with Crippen molar-refractivity contribution in [2.75, 3.05) is 7.11 Å². The van der Waals surface area contributed by atoms with Gasteiger partial charge in [-0.3, -0.25) is 9.69 Å². The number of ether oxygens (including phenoxy) is 1. The number of rotatable bonds is 2. The molecular weight excluding hydrogens is 332 g/mol. The highest BCUT2D eigenvalue weighted by atomic mass is 16.5. The highest BCUT2D eigenvalue weighted by molar-refractivity contribution is 6.09. The highest BCUT2D eigenvalue weighted by Crippen LogP contribution is 2.60. The van der Waals surface area contributed by atoms with Gasteiger partial charge in [0.1, 0.15) is 5.75 Å². The molecule has 0 aromatic heterocycles. The van der Waals surface area contributed by atoms with Gasteiger partial charge in [-0.25, -0.2) is 4.79 Å². The van der Waals surface area contributed by atoms with Gasteiger partial charge in [-0.1, -0.05) is 6.07 Å². The fourth-order valence-electron chi connectivity index (χ4n) is 5.34. The topological polar surface area (TPSA) is 78.9 Å². The smallest absolute Gasteiger partial charge is 0.325 e. The summed E-state index contributed by atoms with van der Waals surface area (Å²) in [6, 6.07) is 4.66. The molecule has 1 heterocycles. The van der Waals surface area contributed by atoms with Gasteiger partial charge in [0.25, 0.3) is 5.91 Å². The normalized spacial score (nSPS) is 33.4. The molecule has 2 fully saturated rings. The minimum Gasteiger partial charge on any atom is -0.508 e. The van der Waals surface area contributed by atoms with Crippen LogP contribution in [0.4, 0.5) is 4.79 Å². The molecule has 4 rings (SSSR count). The summed E-state index contributed by atoms with van der Waals surface area (Å²) in [4.78, 5) is 27.7. The zero-order chi connectivity index (χ0) is 18.7. The first kappa shape index (κ1) is 17.3. The Bertz CT molecular complexity index is 767. The molecule has 6 heteroatoms. The van der Waals surface area contributed by atoms with E-state index in [0.717, 1.165) is 43.2 Å². The lowest BCUT2D eigenvalue weighted by atomic mass is 9.61. The summed E-state index contributed by atoms with van der Waals surface area (Å²) in [5.41, 5.74) is 0.350.